The van der Waals surface area contributed by atoms with Gasteiger partial charge in [0, 0.05) is 5.56 Å². The van der Waals surface area contributed by atoms with Gasteiger partial charge in [-0.2, -0.15) is 4.39 Å². The SMILES string of the molecule is C=C(C)C(=O)c1ccc(C)c(F)n1. The highest BCUT2D eigenvalue weighted by molar-refractivity contribution is 6.06. The van der Waals surface area contributed by atoms with Gasteiger partial charge in [0.25, 0.3) is 0 Å². The van der Waals surface area contributed by atoms with Gasteiger partial charge in [-0.3, -0.25) is 4.79 Å². The lowest BCUT2D eigenvalue weighted by Crippen LogP contribution is -2.04. The molecule has 2 nitrogen and oxygen atoms in total. The smallest absolute Gasteiger partial charge is 0.216 e. The second-order valence-corrected chi connectivity index (χ2v) is 2.91. The van der Waals surface area contributed by atoms with E-state index in [9.17, 15) is 9.18 Å². The highest BCUT2D eigenvalue weighted by atomic mass is 19.1. The minimum absolute atomic E-state index is 0.107. The summed E-state index contributed by atoms with van der Waals surface area (Å²) in [7, 11) is 0. The normalized spacial score (nSPS) is 9.77. The second kappa shape index (κ2) is 3.47. The van der Waals surface area contributed by atoms with Crippen molar-refractivity contribution >= 4 is 5.78 Å². The molecule has 0 amide bonds. The van der Waals surface area contributed by atoms with Crippen LogP contribution in [0.25, 0.3) is 0 Å². The highest BCUT2D eigenvalue weighted by Gasteiger charge is 2.09. The summed E-state index contributed by atoms with van der Waals surface area (Å²) >= 11 is 0. The van der Waals surface area contributed by atoms with Gasteiger partial charge in [0.1, 0.15) is 5.69 Å². The fourth-order valence-corrected chi connectivity index (χ4v) is 0.849. The molecule has 0 spiro atoms. The largest absolute Gasteiger partial charge is 0.287 e. The molecule has 1 aromatic heterocycles. The van der Waals surface area contributed by atoms with E-state index < -0.39 is 5.95 Å². The first-order chi connectivity index (χ1) is 6.02. The van der Waals surface area contributed by atoms with Crippen molar-refractivity contribution in [2.45, 2.75) is 13.8 Å². The average Bonchev–Trinajstić information content (AvgIpc) is 2.08. The molecule has 1 aromatic rings. The molecule has 0 aromatic carbocycles. The van der Waals surface area contributed by atoms with E-state index in [2.05, 4.69) is 11.6 Å². The van der Waals surface area contributed by atoms with Gasteiger partial charge in [0.15, 0.2) is 0 Å². The fraction of sp³-hybridized carbons (Fsp3) is 0.200. The maximum Gasteiger partial charge on any atom is 0.216 e. The molecule has 13 heavy (non-hydrogen) atoms. The molecule has 0 aliphatic rings. The predicted molar refractivity (Wildman–Crippen MR) is 48.1 cm³/mol. The molecule has 0 atom stereocenters. The van der Waals surface area contributed by atoms with E-state index in [1.54, 1.807) is 13.8 Å². The van der Waals surface area contributed by atoms with Crippen molar-refractivity contribution in [1.29, 1.82) is 0 Å². The Hall–Kier alpha value is -1.51. The molecule has 0 saturated heterocycles. The highest BCUT2D eigenvalue weighted by Crippen LogP contribution is 2.07. The molecule has 0 fully saturated rings. The summed E-state index contributed by atoms with van der Waals surface area (Å²) in [5.74, 6) is -0.925. The molecule has 1 rings (SSSR count). The number of rotatable bonds is 2. The van der Waals surface area contributed by atoms with Crippen LogP contribution < -0.4 is 0 Å². The molecular formula is C10H10FNO. The number of pyridine rings is 1. The van der Waals surface area contributed by atoms with Gasteiger partial charge in [-0.1, -0.05) is 12.6 Å². The fourth-order valence-electron chi connectivity index (χ4n) is 0.849. The van der Waals surface area contributed by atoms with Crippen LogP contribution in [0.5, 0.6) is 0 Å². The number of halogens is 1. The van der Waals surface area contributed by atoms with Crippen LogP contribution in [0, 0.1) is 12.9 Å². The Morgan fingerprint density at radius 1 is 1.54 bits per heavy atom. The number of nitrogens with zero attached hydrogens (tertiary/aromatic N) is 1. The molecule has 0 N–H and O–H groups in total. The van der Waals surface area contributed by atoms with Gasteiger partial charge in [-0.25, -0.2) is 4.98 Å². The zero-order chi connectivity index (χ0) is 10.0. The standard InChI is InChI=1S/C10H10FNO/c1-6(2)9(13)8-5-4-7(3)10(11)12-8/h4-5H,1H2,2-3H3. The molecule has 0 bridgehead atoms. The molecule has 68 valence electrons. The first-order valence-electron chi connectivity index (χ1n) is 3.85. The summed E-state index contributed by atoms with van der Waals surface area (Å²) in [4.78, 5) is 14.8. The molecule has 0 aliphatic heterocycles. The topological polar surface area (TPSA) is 30.0 Å². The third kappa shape index (κ3) is 1.99. The van der Waals surface area contributed by atoms with Crippen molar-refractivity contribution < 1.29 is 9.18 Å². The number of Topliss-reactive ketones (excluding diaryl/α,β-unsaturated/α-hetero) is 1. The monoisotopic (exact) mass is 179 g/mol. The van der Waals surface area contributed by atoms with E-state index in [4.69, 9.17) is 0 Å². The number of aryl methyl sites for hydroxylation is 1. The van der Waals surface area contributed by atoms with Crippen molar-refractivity contribution in [3.63, 3.8) is 0 Å². The molecule has 0 radical (unpaired) electrons. The zero-order valence-electron chi connectivity index (χ0n) is 7.60. The van der Waals surface area contributed by atoms with Crippen molar-refractivity contribution in [3.05, 3.63) is 41.5 Å². The summed E-state index contributed by atoms with van der Waals surface area (Å²) in [6.07, 6.45) is 0. The third-order valence-electron chi connectivity index (χ3n) is 1.66. The average molecular weight is 179 g/mol. The van der Waals surface area contributed by atoms with Crippen LogP contribution in [0.2, 0.25) is 0 Å². The van der Waals surface area contributed by atoms with Gasteiger partial charge in [0.05, 0.1) is 0 Å². The molecule has 3 heteroatoms. The minimum atomic E-state index is -0.605. The number of carbonyl (C=O) groups is 1. The Kier molecular flexibility index (Phi) is 2.56. The maximum atomic E-state index is 12.9. The van der Waals surface area contributed by atoms with Crippen molar-refractivity contribution in [2.24, 2.45) is 0 Å². The van der Waals surface area contributed by atoms with Gasteiger partial charge >= 0.3 is 0 Å². The summed E-state index contributed by atoms with van der Waals surface area (Å²) in [6.45, 7) is 6.64. The molecule has 1 heterocycles. The molecule has 0 unspecified atom stereocenters. The number of aromatic nitrogens is 1. The molecular weight excluding hydrogens is 169 g/mol. The van der Waals surface area contributed by atoms with Crippen molar-refractivity contribution in [3.8, 4) is 0 Å². The maximum absolute atomic E-state index is 12.9. The van der Waals surface area contributed by atoms with E-state index in [1.807, 2.05) is 0 Å². The van der Waals surface area contributed by atoms with Crippen LogP contribution in [-0.4, -0.2) is 10.8 Å². The lowest BCUT2D eigenvalue weighted by molar-refractivity contribution is 0.102. The van der Waals surface area contributed by atoms with E-state index in [-0.39, 0.29) is 11.5 Å². The summed E-state index contributed by atoms with van der Waals surface area (Å²) in [5, 5.41) is 0. The first-order valence-corrected chi connectivity index (χ1v) is 3.85. The Morgan fingerprint density at radius 3 is 2.62 bits per heavy atom. The Morgan fingerprint density at radius 2 is 2.15 bits per heavy atom. The lowest BCUT2D eigenvalue weighted by atomic mass is 10.1. The van der Waals surface area contributed by atoms with Crippen LogP contribution in [0.3, 0.4) is 0 Å². The quantitative estimate of drug-likeness (QED) is 0.396. The zero-order valence-corrected chi connectivity index (χ0v) is 7.60. The van der Waals surface area contributed by atoms with Crippen molar-refractivity contribution in [2.75, 3.05) is 0 Å². The van der Waals surface area contributed by atoms with Gasteiger partial charge in [-0.15, -0.1) is 0 Å². The van der Waals surface area contributed by atoms with Crippen LogP contribution in [0.15, 0.2) is 24.3 Å². The minimum Gasteiger partial charge on any atom is -0.287 e. The van der Waals surface area contributed by atoms with E-state index in [0.717, 1.165) is 0 Å². The van der Waals surface area contributed by atoms with Gasteiger partial charge < -0.3 is 0 Å². The lowest BCUT2D eigenvalue weighted by Gasteiger charge is -2.00. The van der Waals surface area contributed by atoms with E-state index >= 15 is 0 Å². The first kappa shape index (κ1) is 9.58. The van der Waals surface area contributed by atoms with Crippen LogP contribution in [-0.2, 0) is 0 Å². The number of hydrogen-bond acceptors (Lipinski definition) is 2. The Labute approximate surface area is 76.1 Å². The number of hydrogen-bond donors (Lipinski definition) is 0. The third-order valence-corrected chi connectivity index (χ3v) is 1.66. The predicted octanol–water partition coefficient (Wildman–Crippen LogP) is 2.29. The molecule has 0 aliphatic carbocycles. The van der Waals surface area contributed by atoms with Crippen molar-refractivity contribution in [1.82, 2.24) is 4.98 Å². The van der Waals surface area contributed by atoms with E-state index in [0.29, 0.717) is 11.1 Å². The molecule has 0 saturated carbocycles. The van der Waals surface area contributed by atoms with E-state index in [1.165, 1.54) is 12.1 Å². The Balaban J connectivity index is 3.11. The van der Waals surface area contributed by atoms with Gasteiger partial charge in [-0.05, 0) is 25.5 Å². The summed E-state index contributed by atoms with van der Waals surface area (Å²) in [6, 6.07) is 3.02. The van der Waals surface area contributed by atoms with Crippen LogP contribution in [0.1, 0.15) is 23.0 Å². The Bertz CT molecular complexity index is 371. The van der Waals surface area contributed by atoms with Crippen LogP contribution in [0.4, 0.5) is 4.39 Å². The second-order valence-electron chi connectivity index (χ2n) is 2.91. The number of allylic oxidation sites excluding steroid dienone is 1. The number of ketones is 1. The van der Waals surface area contributed by atoms with Gasteiger partial charge in [0.2, 0.25) is 11.7 Å². The van der Waals surface area contributed by atoms with Crippen LogP contribution >= 0.6 is 0 Å². The summed E-state index contributed by atoms with van der Waals surface area (Å²) < 4.78 is 12.9. The summed E-state index contributed by atoms with van der Waals surface area (Å²) in [5.41, 5.74) is 0.893. The number of carbonyl (C=O) groups excluding carboxylic acids is 1.